The molecule has 2 aromatic rings. The van der Waals surface area contributed by atoms with Crippen molar-refractivity contribution >= 4 is 44.2 Å². The lowest BCUT2D eigenvalue weighted by atomic mass is 10.2. The molecule has 1 aliphatic rings. The number of sulfonamides is 1. The van der Waals surface area contributed by atoms with E-state index in [1.54, 1.807) is 12.1 Å². The number of likely N-dealkylation sites (N-methyl/N-ethyl adjacent to an activating group) is 1. The maximum Gasteiger partial charge on any atom is 0.246 e. The Bertz CT molecular complexity index is 1020. The summed E-state index contributed by atoms with van der Waals surface area (Å²) in [5, 5.41) is 9.63. The molecule has 1 fully saturated rings. The Morgan fingerprint density at radius 2 is 1.86 bits per heavy atom. The van der Waals surface area contributed by atoms with Crippen LogP contribution in [0.5, 0.6) is 11.5 Å². The first-order valence-electron chi connectivity index (χ1n) is 8.60. The summed E-state index contributed by atoms with van der Waals surface area (Å²) in [7, 11) is -1.86. The third kappa shape index (κ3) is 4.60. The molecule has 0 bridgehead atoms. The summed E-state index contributed by atoms with van der Waals surface area (Å²) in [6, 6.07) is 11.8. The molecule has 0 radical (unpaired) electrons. The third-order valence-electron chi connectivity index (χ3n) is 4.52. The van der Waals surface area contributed by atoms with Crippen LogP contribution in [0.3, 0.4) is 0 Å². The first kappa shape index (κ1) is 21.3. The highest BCUT2D eigenvalue weighted by molar-refractivity contribution is 14.1. The van der Waals surface area contributed by atoms with E-state index in [-0.39, 0.29) is 16.2 Å². The van der Waals surface area contributed by atoms with Crippen LogP contribution >= 0.6 is 34.2 Å². The number of benzene rings is 2. The molecule has 0 aliphatic carbocycles. The Labute approximate surface area is 183 Å². The van der Waals surface area contributed by atoms with Gasteiger partial charge in [-0.15, -0.1) is 0 Å². The molecule has 148 valence electrons. The van der Waals surface area contributed by atoms with E-state index in [9.17, 15) is 13.7 Å². The predicted molar refractivity (Wildman–Crippen MR) is 117 cm³/mol. The Morgan fingerprint density at radius 3 is 2.50 bits per heavy atom. The van der Waals surface area contributed by atoms with Gasteiger partial charge in [0.1, 0.15) is 16.4 Å². The summed E-state index contributed by atoms with van der Waals surface area (Å²) < 4.78 is 34.6. The van der Waals surface area contributed by atoms with Gasteiger partial charge in [-0.25, -0.2) is 8.42 Å². The first-order valence-corrected chi connectivity index (χ1v) is 11.9. The zero-order chi connectivity index (χ0) is 20.3. The lowest BCUT2D eigenvalue weighted by molar-refractivity contribution is 0.222. The van der Waals surface area contributed by atoms with Crippen molar-refractivity contribution in [3.8, 4) is 17.6 Å². The van der Waals surface area contributed by atoms with Gasteiger partial charge < -0.3 is 9.64 Å². The number of alkyl halides is 1. The number of hydrogen-bond donors (Lipinski definition) is 0. The van der Waals surface area contributed by atoms with Gasteiger partial charge in [-0.3, -0.25) is 0 Å². The minimum atomic E-state index is -3.81. The molecule has 1 heterocycles. The minimum absolute atomic E-state index is 0.0213. The summed E-state index contributed by atoms with van der Waals surface area (Å²) in [5.74, 6) is 0.542. The van der Waals surface area contributed by atoms with Crippen molar-refractivity contribution in [2.24, 2.45) is 0 Å². The van der Waals surface area contributed by atoms with E-state index in [1.807, 2.05) is 19.2 Å². The Balaban J connectivity index is 2.03. The van der Waals surface area contributed by atoms with Crippen molar-refractivity contribution < 1.29 is 13.2 Å². The number of rotatable bonds is 5. The predicted octanol–water partition coefficient (Wildman–Crippen LogP) is 3.88. The fourth-order valence-corrected chi connectivity index (χ4v) is 5.05. The number of nitrogens with zero attached hydrogens (tertiary/aromatic N) is 3. The van der Waals surface area contributed by atoms with E-state index in [2.05, 4.69) is 27.5 Å². The molecule has 28 heavy (non-hydrogen) atoms. The van der Waals surface area contributed by atoms with Gasteiger partial charge in [0, 0.05) is 30.6 Å². The minimum Gasteiger partial charge on any atom is -0.454 e. The summed E-state index contributed by atoms with van der Waals surface area (Å²) in [6.07, 6.45) is 0. The number of halogens is 2. The molecule has 0 saturated carbocycles. The van der Waals surface area contributed by atoms with Crippen LogP contribution in [0.25, 0.3) is 0 Å². The second kappa shape index (κ2) is 8.97. The third-order valence-corrected chi connectivity index (χ3v) is 7.64. The summed E-state index contributed by atoms with van der Waals surface area (Å²) >= 11 is 8.48. The van der Waals surface area contributed by atoms with E-state index >= 15 is 0 Å². The van der Waals surface area contributed by atoms with Crippen LogP contribution in [-0.2, 0) is 14.5 Å². The van der Waals surface area contributed by atoms with Gasteiger partial charge in [-0.05, 0) is 42.9 Å². The second-order valence-corrected chi connectivity index (χ2v) is 9.56. The highest BCUT2D eigenvalue weighted by atomic mass is 127. The molecule has 0 unspecified atom stereocenters. The number of ether oxygens (including phenoxy) is 1. The highest BCUT2D eigenvalue weighted by Crippen LogP contribution is 2.36. The largest absolute Gasteiger partial charge is 0.454 e. The molecule has 0 N–H and O–H groups in total. The Kier molecular flexibility index (Phi) is 6.83. The summed E-state index contributed by atoms with van der Waals surface area (Å²) in [6.45, 7) is 2.08. The van der Waals surface area contributed by atoms with Crippen LogP contribution in [-0.4, -0.2) is 50.8 Å². The normalized spacial score (nSPS) is 15.9. The number of hydrogen-bond acceptors (Lipinski definition) is 5. The first-order chi connectivity index (χ1) is 13.3. The van der Waals surface area contributed by atoms with Crippen LogP contribution in [0.4, 0.5) is 0 Å². The molecule has 1 aliphatic heterocycles. The maximum atomic E-state index is 13.3. The molecule has 0 spiro atoms. The van der Waals surface area contributed by atoms with Crippen molar-refractivity contribution in [2.45, 2.75) is 9.32 Å². The van der Waals surface area contributed by atoms with Crippen LogP contribution < -0.4 is 4.74 Å². The van der Waals surface area contributed by atoms with Gasteiger partial charge in [0.05, 0.1) is 16.7 Å². The van der Waals surface area contributed by atoms with E-state index in [1.165, 1.54) is 22.5 Å². The number of nitriles is 1. The van der Waals surface area contributed by atoms with E-state index < -0.39 is 10.0 Å². The van der Waals surface area contributed by atoms with Crippen LogP contribution in [0.15, 0.2) is 41.3 Å². The zero-order valence-electron chi connectivity index (χ0n) is 15.2. The molecular formula is C19H19ClIN3O3S. The van der Waals surface area contributed by atoms with E-state index in [0.717, 1.165) is 9.99 Å². The zero-order valence-corrected chi connectivity index (χ0v) is 19.0. The molecular weight excluding hydrogens is 513 g/mol. The topological polar surface area (TPSA) is 73.6 Å². The monoisotopic (exact) mass is 531 g/mol. The van der Waals surface area contributed by atoms with Crippen molar-refractivity contribution in [3.63, 3.8) is 0 Å². The fraction of sp³-hybridized carbons (Fsp3) is 0.316. The quantitative estimate of drug-likeness (QED) is 0.433. The van der Waals surface area contributed by atoms with Gasteiger partial charge in [0.25, 0.3) is 0 Å². The second-order valence-electron chi connectivity index (χ2n) is 6.48. The Morgan fingerprint density at radius 1 is 1.14 bits per heavy atom. The summed E-state index contributed by atoms with van der Waals surface area (Å²) in [4.78, 5) is 2.05. The molecule has 0 amide bonds. The smallest absolute Gasteiger partial charge is 0.246 e. The molecule has 0 aromatic heterocycles. The highest BCUT2D eigenvalue weighted by Gasteiger charge is 2.31. The van der Waals surface area contributed by atoms with Gasteiger partial charge in [-0.1, -0.05) is 40.3 Å². The van der Waals surface area contributed by atoms with Gasteiger partial charge in [0.2, 0.25) is 10.0 Å². The fourth-order valence-electron chi connectivity index (χ4n) is 2.86. The summed E-state index contributed by atoms with van der Waals surface area (Å²) in [5.41, 5.74) is 1.27. The van der Waals surface area contributed by atoms with Crippen molar-refractivity contribution in [1.29, 1.82) is 5.26 Å². The van der Waals surface area contributed by atoms with Crippen molar-refractivity contribution in [3.05, 3.63) is 52.5 Å². The van der Waals surface area contributed by atoms with Crippen LogP contribution in [0.1, 0.15) is 11.1 Å². The average molecular weight is 532 g/mol. The molecule has 6 nitrogen and oxygen atoms in total. The molecule has 2 aromatic carbocycles. The SMILES string of the molecule is CN1CCN(S(=O)(=O)c2cc(C#N)ccc2Oc2cc(CI)ccc2Cl)CC1. The van der Waals surface area contributed by atoms with Crippen molar-refractivity contribution in [1.82, 2.24) is 9.21 Å². The lowest BCUT2D eigenvalue weighted by Crippen LogP contribution is -2.47. The van der Waals surface area contributed by atoms with Crippen LogP contribution in [0, 0.1) is 11.3 Å². The van der Waals surface area contributed by atoms with E-state index in [0.29, 0.717) is 37.0 Å². The standard InChI is InChI=1S/C19H19ClIN3O3S/c1-23-6-8-24(9-7-23)28(25,26)19-11-15(13-22)3-5-17(19)27-18-10-14(12-21)2-4-16(18)20/h2-5,10-11H,6-9,12H2,1H3. The van der Waals surface area contributed by atoms with Gasteiger partial charge in [0.15, 0.2) is 0 Å². The Hall–Kier alpha value is -1.38. The lowest BCUT2D eigenvalue weighted by Gasteiger charge is -2.31. The molecule has 0 atom stereocenters. The molecule has 1 saturated heterocycles. The van der Waals surface area contributed by atoms with Crippen LogP contribution in [0.2, 0.25) is 5.02 Å². The van der Waals surface area contributed by atoms with Gasteiger partial charge in [-0.2, -0.15) is 9.57 Å². The average Bonchev–Trinajstić information content (AvgIpc) is 2.70. The van der Waals surface area contributed by atoms with Gasteiger partial charge >= 0.3 is 0 Å². The maximum absolute atomic E-state index is 13.3. The number of piperazine rings is 1. The molecule has 9 heteroatoms. The van der Waals surface area contributed by atoms with E-state index in [4.69, 9.17) is 16.3 Å². The molecule has 3 rings (SSSR count). The van der Waals surface area contributed by atoms with Crippen molar-refractivity contribution in [2.75, 3.05) is 33.2 Å².